The van der Waals surface area contributed by atoms with Crippen molar-refractivity contribution in [3.8, 4) is 0 Å². The number of hydrogen-bond acceptors (Lipinski definition) is 3. The highest BCUT2D eigenvalue weighted by molar-refractivity contribution is 6.01. The zero-order valence-corrected chi connectivity index (χ0v) is 10.1. The van der Waals surface area contributed by atoms with E-state index in [1.807, 2.05) is 0 Å². The van der Waals surface area contributed by atoms with E-state index in [1.54, 1.807) is 4.90 Å². The molecule has 0 spiro atoms. The van der Waals surface area contributed by atoms with Gasteiger partial charge in [0, 0.05) is 17.9 Å². The molecule has 1 aliphatic heterocycles. The second kappa shape index (κ2) is 4.09. The summed E-state index contributed by atoms with van der Waals surface area (Å²) in [5.41, 5.74) is 6.10. The third kappa shape index (κ3) is 1.69. The van der Waals surface area contributed by atoms with Gasteiger partial charge in [0.25, 0.3) is 0 Å². The zero-order chi connectivity index (χ0) is 12.0. The SMILES string of the molecule is NC1CCCCC1N1C(=O)C2CCC(C2)C1=O. The van der Waals surface area contributed by atoms with Crippen molar-refractivity contribution >= 4 is 11.8 Å². The number of imide groups is 1. The van der Waals surface area contributed by atoms with Crippen LogP contribution in [-0.2, 0) is 9.59 Å². The van der Waals surface area contributed by atoms with Crippen molar-refractivity contribution in [1.82, 2.24) is 4.90 Å². The van der Waals surface area contributed by atoms with Crippen molar-refractivity contribution in [2.45, 2.75) is 57.0 Å². The number of rotatable bonds is 1. The number of carbonyl (C=O) groups excluding carboxylic acids is 2. The third-order valence-electron chi connectivity index (χ3n) is 4.72. The Balaban J connectivity index is 1.85. The van der Waals surface area contributed by atoms with E-state index < -0.39 is 0 Å². The number of nitrogens with two attached hydrogens (primary N) is 1. The number of fused-ring (bicyclic) bond motifs is 2. The Kier molecular flexibility index (Phi) is 2.69. The van der Waals surface area contributed by atoms with Gasteiger partial charge in [0.05, 0.1) is 6.04 Å². The molecule has 4 nitrogen and oxygen atoms in total. The van der Waals surface area contributed by atoms with E-state index in [0.717, 1.165) is 44.9 Å². The number of piperidine rings is 1. The maximum absolute atomic E-state index is 12.3. The fourth-order valence-electron chi connectivity index (χ4n) is 3.72. The lowest BCUT2D eigenvalue weighted by Crippen LogP contribution is -2.58. The van der Waals surface area contributed by atoms with E-state index in [1.165, 1.54) is 0 Å². The minimum absolute atomic E-state index is 0.00542. The quantitative estimate of drug-likeness (QED) is 0.692. The second-order valence-electron chi connectivity index (χ2n) is 5.77. The van der Waals surface area contributed by atoms with Crippen LogP contribution in [0.15, 0.2) is 0 Å². The van der Waals surface area contributed by atoms with Crippen molar-refractivity contribution < 1.29 is 9.59 Å². The van der Waals surface area contributed by atoms with Crippen LogP contribution in [0.4, 0.5) is 0 Å². The molecule has 3 rings (SSSR count). The summed E-state index contributed by atoms with van der Waals surface area (Å²) in [6.45, 7) is 0. The molecule has 0 aromatic carbocycles. The lowest BCUT2D eigenvalue weighted by molar-refractivity contribution is -0.157. The van der Waals surface area contributed by atoms with E-state index in [-0.39, 0.29) is 35.7 Å². The van der Waals surface area contributed by atoms with Gasteiger partial charge in [0.1, 0.15) is 0 Å². The monoisotopic (exact) mass is 236 g/mol. The minimum Gasteiger partial charge on any atom is -0.326 e. The highest BCUT2D eigenvalue weighted by atomic mass is 16.2. The van der Waals surface area contributed by atoms with Crippen LogP contribution in [0.1, 0.15) is 44.9 Å². The summed E-state index contributed by atoms with van der Waals surface area (Å²) < 4.78 is 0. The average Bonchev–Trinajstić information content (AvgIpc) is 2.76. The van der Waals surface area contributed by atoms with Gasteiger partial charge in [-0.15, -0.1) is 0 Å². The Labute approximate surface area is 102 Å². The van der Waals surface area contributed by atoms with Crippen LogP contribution < -0.4 is 5.73 Å². The van der Waals surface area contributed by atoms with E-state index in [0.29, 0.717) is 0 Å². The Hall–Kier alpha value is -0.900. The topological polar surface area (TPSA) is 63.4 Å². The summed E-state index contributed by atoms with van der Waals surface area (Å²) in [6, 6.07) is -0.0266. The molecule has 4 atom stereocenters. The number of amides is 2. The molecule has 17 heavy (non-hydrogen) atoms. The Bertz CT molecular complexity index is 333. The molecule has 3 aliphatic rings. The fourth-order valence-corrected chi connectivity index (χ4v) is 3.72. The van der Waals surface area contributed by atoms with Crippen LogP contribution in [0.25, 0.3) is 0 Å². The fraction of sp³-hybridized carbons (Fsp3) is 0.846. The minimum atomic E-state index is -0.0212. The van der Waals surface area contributed by atoms with Gasteiger partial charge in [-0.25, -0.2) is 0 Å². The van der Waals surface area contributed by atoms with Crippen molar-refractivity contribution in [2.75, 3.05) is 0 Å². The van der Waals surface area contributed by atoms with E-state index in [2.05, 4.69) is 0 Å². The molecule has 2 saturated carbocycles. The van der Waals surface area contributed by atoms with Gasteiger partial charge in [-0.1, -0.05) is 12.8 Å². The molecule has 3 fully saturated rings. The standard InChI is InChI=1S/C13H20N2O2/c14-10-3-1-2-4-11(10)15-12(16)8-5-6-9(7-8)13(15)17/h8-11H,1-7,14H2. The van der Waals surface area contributed by atoms with Gasteiger partial charge in [-0.3, -0.25) is 14.5 Å². The van der Waals surface area contributed by atoms with Gasteiger partial charge < -0.3 is 5.73 Å². The van der Waals surface area contributed by atoms with Gasteiger partial charge in [0.15, 0.2) is 0 Å². The number of carbonyl (C=O) groups is 2. The first-order chi connectivity index (χ1) is 8.18. The van der Waals surface area contributed by atoms with Crippen LogP contribution in [0.5, 0.6) is 0 Å². The number of nitrogens with zero attached hydrogens (tertiary/aromatic N) is 1. The summed E-state index contributed by atoms with van der Waals surface area (Å²) in [6.07, 6.45) is 6.64. The molecule has 4 heteroatoms. The summed E-state index contributed by atoms with van der Waals surface area (Å²) in [4.78, 5) is 26.1. The van der Waals surface area contributed by atoms with Crippen LogP contribution in [0.3, 0.4) is 0 Å². The lowest BCUT2D eigenvalue weighted by atomic mass is 9.86. The van der Waals surface area contributed by atoms with Gasteiger partial charge >= 0.3 is 0 Å². The Morgan fingerprint density at radius 3 is 2.12 bits per heavy atom. The average molecular weight is 236 g/mol. The van der Waals surface area contributed by atoms with E-state index in [4.69, 9.17) is 5.73 Å². The molecular weight excluding hydrogens is 216 g/mol. The second-order valence-corrected chi connectivity index (χ2v) is 5.77. The predicted octanol–water partition coefficient (Wildman–Crippen LogP) is 1.04. The molecule has 2 bridgehead atoms. The molecule has 2 aliphatic carbocycles. The summed E-state index contributed by atoms with van der Waals surface area (Å²) in [5.74, 6) is 0.329. The van der Waals surface area contributed by atoms with Crippen LogP contribution in [-0.4, -0.2) is 28.8 Å². The molecule has 0 aromatic heterocycles. The molecule has 0 radical (unpaired) electrons. The molecule has 94 valence electrons. The molecule has 2 N–H and O–H groups in total. The molecule has 4 unspecified atom stereocenters. The largest absolute Gasteiger partial charge is 0.326 e. The van der Waals surface area contributed by atoms with Gasteiger partial charge in [-0.2, -0.15) is 0 Å². The number of hydrogen-bond donors (Lipinski definition) is 1. The zero-order valence-electron chi connectivity index (χ0n) is 10.1. The van der Waals surface area contributed by atoms with Crippen molar-refractivity contribution in [3.63, 3.8) is 0 Å². The molecule has 2 amide bonds. The smallest absolute Gasteiger partial charge is 0.232 e. The van der Waals surface area contributed by atoms with Gasteiger partial charge in [0.2, 0.25) is 11.8 Å². The molecule has 0 aromatic rings. The van der Waals surface area contributed by atoms with Crippen LogP contribution in [0, 0.1) is 11.8 Å². The first kappa shape index (κ1) is 11.2. The summed E-state index contributed by atoms with van der Waals surface area (Å²) >= 11 is 0. The maximum Gasteiger partial charge on any atom is 0.232 e. The first-order valence-corrected chi connectivity index (χ1v) is 6.81. The van der Waals surface area contributed by atoms with Crippen molar-refractivity contribution in [2.24, 2.45) is 17.6 Å². The van der Waals surface area contributed by atoms with Crippen molar-refractivity contribution in [3.05, 3.63) is 0 Å². The lowest BCUT2D eigenvalue weighted by Gasteiger charge is -2.40. The molecule has 1 heterocycles. The summed E-state index contributed by atoms with van der Waals surface area (Å²) in [5, 5.41) is 0. The Morgan fingerprint density at radius 1 is 0.941 bits per heavy atom. The van der Waals surface area contributed by atoms with E-state index >= 15 is 0 Å². The maximum atomic E-state index is 12.3. The molecule has 1 saturated heterocycles. The highest BCUT2D eigenvalue weighted by Crippen LogP contribution is 2.40. The predicted molar refractivity (Wildman–Crippen MR) is 62.9 cm³/mol. The first-order valence-electron chi connectivity index (χ1n) is 6.81. The highest BCUT2D eigenvalue weighted by Gasteiger charge is 2.48. The molecular formula is C13H20N2O2. The van der Waals surface area contributed by atoms with Crippen LogP contribution in [0.2, 0.25) is 0 Å². The van der Waals surface area contributed by atoms with Gasteiger partial charge in [-0.05, 0) is 32.1 Å². The third-order valence-corrected chi connectivity index (χ3v) is 4.72. The summed E-state index contributed by atoms with van der Waals surface area (Å²) in [7, 11) is 0. The van der Waals surface area contributed by atoms with Crippen LogP contribution >= 0.6 is 0 Å². The number of likely N-dealkylation sites (tertiary alicyclic amines) is 1. The Morgan fingerprint density at radius 2 is 1.53 bits per heavy atom. The normalized spacial score (nSPS) is 42.1. The van der Waals surface area contributed by atoms with Crippen molar-refractivity contribution in [1.29, 1.82) is 0 Å². The van der Waals surface area contributed by atoms with E-state index in [9.17, 15) is 9.59 Å².